The van der Waals surface area contributed by atoms with Crippen LogP contribution in [0.5, 0.6) is 5.75 Å². The molecule has 1 aliphatic carbocycles. The number of rotatable bonds is 4. The minimum absolute atomic E-state index is 0.472. The van der Waals surface area contributed by atoms with Gasteiger partial charge in [0.2, 0.25) is 0 Å². The van der Waals surface area contributed by atoms with Crippen LogP contribution >= 0.6 is 0 Å². The summed E-state index contributed by atoms with van der Waals surface area (Å²) in [6, 6.07) is 17.3. The van der Waals surface area contributed by atoms with Gasteiger partial charge in [0.25, 0.3) is 0 Å². The number of amides is 1. The van der Waals surface area contributed by atoms with E-state index in [0.717, 1.165) is 11.1 Å². The van der Waals surface area contributed by atoms with Crippen LogP contribution in [0.3, 0.4) is 0 Å². The van der Waals surface area contributed by atoms with Crippen LogP contribution in [0.25, 0.3) is 0 Å². The van der Waals surface area contributed by atoms with Gasteiger partial charge in [-0.2, -0.15) is 0 Å². The van der Waals surface area contributed by atoms with Crippen molar-refractivity contribution in [3.8, 4) is 5.75 Å². The van der Waals surface area contributed by atoms with E-state index in [4.69, 9.17) is 9.47 Å². The first-order chi connectivity index (χ1) is 12.7. The van der Waals surface area contributed by atoms with Crippen molar-refractivity contribution in [2.75, 3.05) is 0 Å². The maximum Gasteiger partial charge on any atom is 0.415 e. The summed E-state index contributed by atoms with van der Waals surface area (Å²) in [7, 11) is 0. The highest BCUT2D eigenvalue weighted by Gasteiger charge is 2.49. The highest BCUT2D eigenvalue weighted by molar-refractivity contribution is 5.92. The van der Waals surface area contributed by atoms with E-state index in [2.05, 4.69) is 5.32 Å². The number of carbonyl (C=O) groups is 2. The first kappa shape index (κ1) is 16.1. The maximum absolute atomic E-state index is 12.2. The number of esters is 1. The second kappa shape index (κ2) is 6.52. The van der Waals surface area contributed by atoms with Gasteiger partial charge in [0.1, 0.15) is 23.8 Å². The van der Waals surface area contributed by atoms with E-state index < -0.39 is 23.5 Å². The Kier molecular flexibility index (Phi) is 4.05. The van der Waals surface area contributed by atoms with Crippen molar-refractivity contribution in [3.05, 3.63) is 90.0 Å². The number of cyclic esters (lactones) is 2. The molecule has 0 bridgehead atoms. The predicted octanol–water partition coefficient (Wildman–Crippen LogP) is 3.47. The fourth-order valence-corrected chi connectivity index (χ4v) is 3.29. The molecule has 2 aliphatic rings. The number of allylic oxidation sites excluding steroid dienone is 2. The summed E-state index contributed by atoms with van der Waals surface area (Å²) in [6.45, 7) is 0.472. The highest BCUT2D eigenvalue weighted by Crippen LogP contribution is 2.38. The van der Waals surface area contributed by atoms with Crippen LogP contribution in [0.15, 0.2) is 78.9 Å². The average Bonchev–Trinajstić information content (AvgIpc) is 2.67. The summed E-state index contributed by atoms with van der Waals surface area (Å²) in [4.78, 5) is 23.9. The second-order valence-corrected chi connectivity index (χ2v) is 6.22. The normalized spacial score (nSPS) is 23.8. The fourth-order valence-electron chi connectivity index (χ4n) is 3.29. The standard InChI is InChI=1S/C21H17NO4/c23-19-18-8-4-5-13-21(18,22-20(24)26-19)16-9-11-17(12-10-16)25-14-15-6-2-1-3-7-15/h1-13,18H,14H2,(H,22,24). The predicted molar refractivity (Wildman–Crippen MR) is 95.3 cm³/mol. The molecule has 1 N–H and O–H groups in total. The van der Waals surface area contributed by atoms with Gasteiger partial charge in [-0.3, -0.25) is 4.79 Å². The summed E-state index contributed by atoms with van der Waals surface area (Å²) >= 11 is 0. The van der Waals surface area contributed by atoms with Gasteiger partial charge in [-0.25, -0.2) is 4.79 Å². The highest BCUT2D eigenvalue weighted by atomic mass is 16.6. The molecule has 4 rings (SSSR count). The monoisotopic (exact) mass is 347 g/mol. The van der Waals surface area contributed by atoms with Gasteiger partial charge in [0, 0.05) is 0 Å². The van der Waals surface area contributed by atoms with Crippen LogP contribution in [0.1, 0.15) is 11.1 Å². The average molecular weight is 347 g/mol. The Bertz CT molecular complexity index is 886. The van der Waals surface area contributed by atoms with E-state index in [1.165, 1.54) is 0 Å². The van der Waals surface area contributed by atoms with Crippen molar-refractivity contribution in [2.45, 2.75) is 12.1 Å². The van der Waals surface area contributed by atoms with Crippen LogP contribution < -0.4 is 10.1 Å². The molecule has 26 heavy (non-hydrogen) atoms. The smallest absolute Gasteiger partial charge is 0.415 e. The molecule has 0 aromatic heterocycles. The van der Waals surface area contributed by atoms with Crippen molar-refractivity contribution in [1.82, 2.24) is 5.32 Å². The van der Waals surface area contributed by atoms with Crippen LogP contribution in [-0.4, -0.2) is 12.1 Å². The molecule has 1 saturated heterocycles. The molecule has 130 valence electrons. The van der Waals surface area contributed by atoms with E-state index >= 15 is 0 Å². The summed E-state index contributed by atoms with van der Waals surface area (Å²) in [5, 5.41) is 2.79. The lowest BCUT2D eigenvalue weighted by Gasteiger charge is -2.40. The number of carbonyl (C=O) groups excluding carboxylic acids is 2. The number of alkyl carbamates (subject to hydrolysis) is 1. The molecule has 1 aliphatic heterocycles. The number of hydrogen-bond donors (Lipinski definition) is 1. The molecule has 2 atom stereocenters. The van der Waals surface area contributed by atoms with Crippen LogP contribution in [0.2, 0.25) is 0 Å². The topological polar surface area (TPSA) is 64.6 Å². The minimum Gasteiger partial charge on any atom is -0.489 e. The third-order valence-electron chi connectivity index (χ3n) is 4.60. The van der Waals surface area contributed by atoms with E-state index in [0.29, 0.717) is 12.4 Å². The molecule has 2 aromatic carbocycles. The Labute approximate surface area is 150 Å². The van der Waals surface area contributed by atoms with Crippen molar-refractivity contribution in [1.29, 1.82) is 0 Å². The summed E-state index contributed by atoms with van der Waals surface area (Å²) in [5.41, 5.74) is 0.942. The quantitative estimate of drug-likeness (QED) is 0.679. The first-order valence-corrected chi connectivity index (χ1v) is 8.34. The maximum atomic E-state index is 12.2. The van der Waals surface area contributed by atoms with E-state index in [-0.39, 0.29) is 0 Å². The van der Waals surface area contributed by atoms with Gasteiger partial charge in [0.05, 0.1) is 0 Å². The molecule has 0 saturated carbocycles. The molecular formula is C21H17NO4. The molecule has 0 radical (unpaired) electrons. The molecule has 2 unspecified atom stereocenters. The lowest BCUT2D eigenvalue weighted by atomic mass is 9.74. The van der Waals surface area contributed by atoms with Crippen molar-refractivity contribution >= 4 is 12.1 Å². The SMILES string of the molecule is O=C1NC2(c3ccc(OCc4ccccc4)cc3)C=CC=CC2C(=O)O1. The number of nitrogens with one attached hydrogen (secondary N) is 1. The van der Waals surface area contributed by atoms with Gasteiger partial charge in [-0.15, -0.1) is 0 Å². The van der Waals surface area contributed by atoms with Crippen LogP contribution in [-0.2, 0) is 21.7 Å². The third-order valence-corrected chi connectivity index (χ3v) is 4.60. The molecule has 5 heteroatoms. The first-order valence-electron chi connectivity index (χ1n) is 8.34. The van der Waals surface area contributed by atoms with Crippen molar-refractivity contribution < 1.29 is 19.1 Å². The molecule has 1 amide bonds. The number of fused-ring (bicyclic) bond motifs is 1. The Morgan fingerprint density at radius 1 is 1.00 bits per heavy atom. The van der Waals surface area contributed by atoms with Crippen LogP contribution in [0, 0.1) is 5.92 Å². The van der Waals surface area contributed by atoms with Gasteiger partial charge in [-0.1, -0.05) is 66.8 Å². The largest absolute Gasteiger partial charge is 0.489 e. The molecule has 5 nitrogen and oxygen atoms in total. The molecule has 1 fully saturated rings. The lowest BCUT2D eigenvalue weighted by Crippen LogP contribution is -2.57. The Morgan fingerprint density at radius 3 is 2.54 bits per heavy atom. The number of hydrogen-bond acceptors (Lipinski definition) is 4. The lowest BCUT2D eigenvalue weighted by molar-refractivity contribution is -0.145. The fraction of sp³-hybridized carbons (Fsp3) is 0.143. The molecular weight excluding hydrogens is 330 g/mol. The minimum atomic E-state index is -0.931. The van der Waals surface area contributed by atoms with Gasteiger partial charge >= 0.3 is 12.1 Å². The summed E-state index contributed by atoms with van der Waals surface area (Å²) in [6.07, 6.45) is 6.40. The zero-order chi connectivity index (χ0) is 18.0. The van der Waals surface area contributed by atoms with Gasteiger partial charge in [0.15, 0.2) is 0 Å². The van der Waals surface area contributed by atoms with Gasteiger partial charge < -0.3 is 14.8 Å². The second-order valence-electron chi connectivity index (χ2n) is 6.22. The molecule has 2 aromatic rings. The van der Waals surface area contributed by atoms with Crippen LogP contribution in [0.4, 0.5) is 4.79 Å². The van der Waals surface area contributed by atoms with Gasteiger partial charge in [-0.05, 0) is 23.3 Å². The third kappa shape index (κ3) is 2.88. The van der Waals surface area contributed by atoms with E-state index in [9.17, 15) is 9.59 Å². The zero-order valence-electron chi connectivity index (χ0n) is 13.9. The zero-order valence-corrected chi connectivity index (χ0v) is 13.9. The van der Waals surface area contributed by atoms with E-state index in [1.54, 1.807) is 12.2 Å². The molecule has 0 spiro atoms. The number of ether oxygens (including phenoxy) is 2. The van der Waals surface area contributed by atoms with E-state index in [1.807, 2.05) is 66.7 Å². The summed E-state index contributed by atoms with van der Waals surface area (Å²) < 4.78 is 10.5. The Balaban J connectivity index is 1.57. The molecule has 1 heterocycles. The van der Waals surface area contributed by atoms with Crippen molar-refractivity contribution in [2.24, 2.45) is 5.92 Å². The van der Waals surface area contributed by atoms with Crippen molar-refractivity contribution in [3.63, 3.8) is 0 Å². The number of benzene rings is 2. The Morgan fingerprint density at radius 2 is 1.77 bits per heavy atom. The summed E-state index contributed by atoms with van der Waals surface area (Å²) in [5.74, 6) is -0.439. The Hall–Kier alpha value is -3.34.